The smallest absolute Gasteiger partial charge is 0.184 e. The molecule has 0 aliphatic heterocycles. The van der Waals surface area contributed by atoms with Crippen LogP contribution in [-0.4, -0.2) is 27.6 Å². The maximum absolute atomic E-state index is 15.0. The van der Waals surface area contributed by atoms with Crippen LogP contribution in [-0.2, 0) is 14.4 Å². The zero-order valence-electron chi connectivity index (χ0n) is 27.6. The number of phenolic OH excluding ortho intramolecular Hbond substituents is 1. The average molecular weight is 587 g/mol. The highest BCUT2D eigenvalue weighted by atomic mass is 16.3. The van der Waals surface area contributed by atoms with Crippen molar-refractivity contribution in [3.05, 3.63) is 82.0 Å². The number of hydrogen-bond acceptors (Lipinski definition) is 5. The third kappa shape index (κ3) is 6.41. The van der Waals surface area contributed by atoms with E-state index >= 15 is 0 Å². The molecule has 2 bridgehead atoms. The van der Waals surface area contributed by atoms with Crippen LogP contribution < -0.4 is 0 Å². The first-order valence-electron chi connectivity index (χ1n) is 15.4. The van der Waals surface area contributed by atoms with Crippen LogP contribution in [0.1, 0.15) is 106 Å². The highest BCUT2D eigenvalue weighted by Crippen LogP contribution is 2.65. The molecule has 3 atom stereocenters. The van der Waals surface area contributed by atoms with E-state index in [2.05, 4.69) is 26.0 Å². The number of phenols is 1. The van der Waals surface area contributed by atoms with Crippen molar-refractivity contribution in [3.8, 4) is 5.75 Å². The number of aliphatic hydroxyl groups excluding tert-OH is 1. The molecular weight excluding hydrogens is 536 g/mol. The Morgan fingerprint density at radius 1 is 0.860 bits per heavy atom. The molecule has 3 rings (SSSR count). The molecule has 232 valence electrons. The maximum atomic E-state index is 15.0. The second-order valence-corrected chi connectivity index (χ2v) is 13.9. The average Bonchev–Trinajstić information content (AvgIpc) is 2.91. The van der Waals surface area contributed by atoms with Crippen LogP contribution >= 0.6 is 0 Å². The second kappa shape index (κ2) is 13.0. The van der Waals surface area contributed by atoms with Gasteiger partial charge in [-0.15, -0.1) is 0 Å². The zero-order valence-corrected chi connectivity index (χ0v) is 27.6. The molecule has 2 saturated carbocycles. The molecule has 2 aliphatic carbocycles. The molecule has 43 heavy (non-hydrogen) atoms. The van der Waals surface area contributed by atoms with Crippen LogP contribution in [0.5, 0.6) is 5.75 Å². The van der Waals surface area contributed by atoms with Gasteiger partial charge < -0.3 is 10.2 Å². The summed E-state index contributed by atoms with van der Waals surface area (Å²) in [4.78, 5) is 44.5. The Bertz CT molecular complexity index is 1430. The molecule has 1 aromatic rings. The number of carbonyl (C=O) groups is 3. The molecule has 0 saturated heterocycles. The molecule has 2 aliphatic rings. The van der Waals surface area contributed by atoms with E-state index in [1.807, 2.05) is 60.6 Å². The van der Waals surface area contributed by atoms with Gasteiger partial charge in [0.2, 0.25) is 0 Å². The number of benzene rings is 1. The number of hydrogen-bond donors (Lipinski definition) is 2. The number of carbonyl (C=O) groups excluding carboxylic acids is 3. The topological polar surface area (TPSA) is 91.7 Å². The van der Waals surface area contributed by atoms with Crippen molar-refractivity contribution in [2.75, 3.05) is 0 Å². The molecule has 2 N–H and O–H groups in total. The van der Waals surface area contributed by atoms with Gasteiger partial charge in [0, 0.05) is 5.56 Å². The number of Topliss-reactive ketones (excluding diaryl/α,β-unsaturated/α-hetero) is 3. The first kappa shape index (κ1) is 34.0. The van der Waals surface area contributed by atoms with Gasteiger partial charge in [0.1, 0.15) is 22.5 Å². The summed E-state index contributed by atoms with van der Waals surface area (Å²) in [6.07, 6.45) is 11.1. The largest absolute Gasteiger partial charge is 0.508 e. The van der Waals surface area contributed by atoms with Crippen LogP contribution in [0.3, 0.4) is 0 Å². The lowest BCUT2D eigenvalue weighted by Gasteiger charge is -2.60. The first-order chi connectivity index (χ1) is 20.0. The minimum Gasteiger partial charge on any atom is -0.508 e. The van der Waals surface area contributed by atoms with Crippen molar-refractivity contribution >= 4 is 23.1 Å². The van der Waals surface area contributed by atoms with Gasteiger partial charge in [-0.1, -0.05) is 72.6 Å². The Morgan fingerprint density at radius 2 is 1.49 bits per heavy atom. The van der Waals surface area contributed by atoms with E-state index in [0.717, 1.165) is 29.6 Å². The van der Waals surface area contributed by atoms with Gasteiger partial charge in [0.15, 0.2) is 17.3 Å². The van der Waals surface area contributed by atoms with Gasteiger partial charge in [-0.05, 0) is 110 Å². The van der Waals surface area contributed by atoms with E-state index in [1.165, 1.54) is 17.7 Å². The summed E-state index contributed by atoms with van der Waals surface area (Å²) in [5, 5.41) is 21.7. The first-order valence-corrected chi connectivity index (χ1v) is 15.4. The van der Waals surface area contributed by atoms with Gasteiger partial charge in [0.25, 0.3) is 0 Å². The summed E-state index contributed by atoms with van der Waals surface area (Å²) in [6.45, 7) is 18.0. The summed E-state index contributed by atoms with van der Waals surface area (Å²) in [7, 11) is 0. The Balaban J connectivity index is 2.36. The highest BCUT2D eigenvalue weighted by Gasteiger charge is 2.73. The standard InChI is InChI=1S/C38H50O5/c1-24(2)12-10-13-27(7)19-20-37-23-29(17-16-25(3)4)36(8,9)38(35(37)43,21-18-26(5)6)34(42)31(33(37)41)32(40)28-14-11-15-30(39)22-28/h11-12,14-16,18-19,22,29,39-40H,10,13,17,20-21,23H2,1-9H3/b27-19+,32-31?/t29-,37-,38+/m0/s1. The molecule has 0 heterocycles. The Morgan fingerprint density at radius 3 is 2.07 bits per heavy atom. The molecule has 0 amide bonds. The van der Waals surface area contributed by atoms with Crippen molar-refractivity contribution in [2.24, 2.45) is 22.2 Å². The number of aromatic hydroxyl groups is 1. The second-order valence-electron chi connectivity index (χ2n) is 13.9. The van der Waals surface area contributed by atoms with Crippen LogP contribution in [0.4, 0.5) is 0 Å². The molecule has 0 radical (unpaired) electrons. The van der Waals surface area contributed by atoms with E-state index in [9.17, 15) is 24.6 Å². The molecule has 5 nitrogen and oxygen atoms in total. The van der Waals surface area contributed by atoms with Gasteiger partial charge in [0.05, 0.1) is 5.41 Å². The predicted octanol–water partition coefficient (Wildman–Crippen LogP) is 9.20. The molecule has 2 fully saturated rings. The van der Waals surface area contributed by atoms with Gasteiger partial charge in [-0.25, -0.2) is 0 Å². The maximum Gasteiger partial charge on any atom is 0.184 e. The fourth-order valence-electron chi connectivity index (χ4n) is 6.85. The lowest BCUT2D eigenvalue weighted by atomic mass is 9.38. The summed E-state index contributed by atoms with van der Waals surface area (Å²) >= 11 is 0. The SMILES string of the molecule is CC(C)=CCC/C(C)=C/C[C@]12C[C@H](CC=C(C)C)C(C)(C)[C@](CC=C(C)C)(C(=O)C(=C(O)c3cccc(O)c3)C1=O)C2=O. The van der Waals surface area contributed by atoms with E-state index < -0.39 is 33.6 Å². The zero-order chi connectivity index (χ0) is 32.3. The minimum atomic E-state index is -1.54. The molecule has 5 heteroatoms. The monoisotopic (exact) mass is 586 g/mol. The van der Waals surface area contributed by atoms with Crippen molar-refractivity contribution in [2.45, 2.75) is 101 Å². The molecule has 0 aromatic heterocycles. The summed E-state index contributed by atoms with van der Waals surface area (Å²) in [6, 6.07) is 5.90. The Labute approximate surface area is 258 Å². The summed E-state index contributed by atoms with van der Waals surface area (Å²) in [5.74, 6) is -2.25. The van der Waals surface area contributed by atoms with Crippen LogP contribution in [0.2, 0.25) is 0 Å². The minimum absolute atomic E-state index is 0.0948. The number of aliphatic hydroxyl groups is 1. The molecule has 0 unspecified atom stereocenters. The third-order valence-corrected chi connectivity index (χ3v) is 9.69. The van der Waals surface area contributed by atoms with Crippen molar-refractivity contribution in [1.82, 2.24) is 0 Å². The van der Waals surface area contributed by atoms with E-state index in [1.54, 1.807) is 12.1 Å². The number of fused-ring (bicyclic) bond motifs is 2. The van der Waals surface area contributed by atoms with Crippen molar-refractivity contribution < 1.29 is 24.6 Å². The third-order valence-electron chi connectivity index (χ3n) is 9.69. The predicted molar refractivity (Wildman–Crippen MR) is 175 cm³/mol. The van der Waals surface area contributed by atoms with Crippen LogP contribution in [0.25, 0.3) is 5.76 Å². The number of ketones is 3. The summed E-state index contributed by atoms with van der Waals surface area (Å²) in [5.41, 5.74) is 0.430. The van der Waals surface area contributed by atoms with Crippen molar-refractivity contribution in [1.29, 1.82) is 0 Å². The van der Waals surface area contributed by atoms with E-state index in [-0.39, 0.29) is 41.4 Å². The van der Waals surface area contributed by atoms with Gasteiger partial charge in [-0.2, -0.15) is 0 Å². The fourth-order valence-corrected chi connectivity index (χ4v) is 6.85. The molecule has 0 spiro atoms. The molecule has 1 aromatic carbocycles. The van der Waals surface area contributed by atoms with Gasteiger partial charge >= 0.3 is 0 Å². The number of allylic oxidation sites excluding steroid dienone is 9. The van der Waals surface area contributed by atoms with E-state index in [0.29, 0.717) is 12.8 Å². The lowest BCUT2D eigenvalue weighted by molar-refractivity contribution is -0.176. The Hall–Kier alpha value is -3.47. The normalized spacial score (nSPS) is 26.1. The lowest BCUT2D eigenvalue weighted by Crippen LogP contribution is -2.69. The van der Waals surface area contributed by atoms with Crippen LogP contribution in [0.15, 0.2) is 76.4 Å². The quantitative estimate of drug-likeness (QED) is 0.0937. The van der Waals surface area contributed by atoms with E-state index in [4.69, 9.17) is 0 Å². The highest BCUT2D eigenvalue weighted by molar-refractivity contribution is 6.41. The fraction of sp³-hybridized carbons (Fsp3) is 0.500. The number of rotatable bonds is 10. The summed E-state index contributed by atoms with van der Waals surface area (Å²) < 4.78 is 0. The van der Waals surface area contributed by atoms with Crippen molar-refractivity contribution in [3.63, 3.8) is 0 Å². The molecular formula is C38H50O5. The van der Waals surface area contributed by atoms with Gasteiger partial charge in [-0.3, -0.25) is 14.4 Å². The Kier molecular flexibility index (Phi) is 10.3. The van der Waals surface area contributed by atoms with Crippen LogP contribution in [0, 0.1) is 22.2 Å².